The molecule has 0 radical (unpaired) electrons. The summed E-state index contributed by atoms with van der Waals surface area (Å²) in [6.45, 7) is 0. The number of hydrogen-bond acceptors (Lipinski definition) is 4. The lowest BCUT2D eigenvalue weighted by atomic mass is 10.2. The summed E-state index contributed by atoms with van der Waals surface area (Å²) in [5, 5.41) is 2.31. The van der Waals surface area contributed by atoms with Gasteiger partial charge in [0.05, 0.1) is 5.56 Å². The molecule has 0 fully saturated rings. The Hall–Kier alpha value is -2.02. The zero-order valence-electron chi connectivity index (χ0n) is 8.21. The summed E-state index contributed by atoms with van der Waals surface area (Å²) in [7, 11) is 0. The van der Waals surface area contributed by atoms with Crippen LogP contribution >= 0.6 is 12.2 Å². The van der Waals surface area contributed by atoms with Gasteiger partial charge in [0.2, 0.25) is 5.91 Å². The number of rotatable bonds is 4. The van der Waals surface area contributed by atoms with Crippen LogP contribution in [0.15, 0.2) is 24.5 Å². The average molecular weight is 238 g/mol. The van der Waals surface area contributed by atoms with E-state index in [0.29, 0.717) is 5.56 Å². The third kappa shape index (κ3) is 2.99. The Labute approximate surface area is 97.0 Å². The van der Waals surface area contributed by atoms with Gasteiger partial charge >= 0.3 is 0 Å². The molecule has 2 amide bonds. The first kappa shape index (κ1) is 12.1. The predicted molar refractivity (Wildman–Crippen MR) is 61.5 cm³/mol. The van der Waals surface area contributed by atoms with E-state index in [2.05, 4.69) is 22.5 Å². The summed E-state index contributed by atoms with van der Waals surface area (Å²) in [4.78, 5) is 26.1. The topological polar surface area (TPSA) is 111 Å². The molecule has 0 aliphatic rings. The number of aromatic nitrogens is 1. The van der Waals surface area contributed by atoms with Gasteiger partial charge in [-0.25, -0.2) is 0 Å². The molecule has 0 spiro atoms. The van der Waals surface area contributed by atoms with E-state index in [0.717, 1.165) is 0 Å². The molecule has 1 aromatic heterocycles. The molecule has 84 valence electrons. The van der Waals surface area contributed by atoms with Crippen LogP contribution in [0.3, 0.4) is 0 Å². The molecule has 0 aromatic carbocycles. The maximum absolute atomic E-state index is 11.6. The lowest BCUT2D eigenvalue weighted by Gasteiger charge is -2.13. The van der Waals surface area contributed by atoms with Crippen LogP contribution in [0.4, 0.5) is 0 Å². The minimum atomic E-state index is -1.15. The van der Waals surface area contributed by atoms with Gasteiger partial charge in [0.1, 0.15) is 4.99 Å². The SMILES string of the molecule is NC(=O)C(NC(=O)c1cccnc1)C(N)=S. The smallest absolute Gasteiger partial charge is 0.253 e. The van der Waals surface area contributed by atoms with Crippen LogP contribution < -0.4 is 16.8 Å². The number of nitrogens with two attached hydrogens (primary N) is 2. The van der Waals surface area contributed by atoms with Crippen LogP contribution in [0, 0.1) is 0 Å². The average Bonchev–Trinajstić information content (AvgIpc) is 2.25. The van der Waals surface area contributed by atoms with E-state index in [1.54, 1.807) is 12.1 Å². The highest BCUT2D eigenvalue weighted by atomic mass is 32.1. The monoisotopic (exact) mass is 238 g/mol. The normalized spacial score (nSPS) is 11.5. The Balaban J connectivity index is 2.77. The molecule has 0 saturated carbocycles. The maximum atomic E-state index is 11.6. The molecule has 0 aliphatic heterocycles. The van der Waals surface area contributed by atoms with Gasteiger partial charge in [0.15, 0.2) is 6.04 Å². The van der Waals surface area contributed by atoms with Crippen molar-refractivity contribution in [1.82, 2.24) is 10.3 Å². The van der Waals surface area contributed by atoms with Crippen LogP contribution in [0.5, 0.6) is 0 Å². The van der Waals surface area contributed by atoms with Crippen molar-refractivity contribution in [2.45, 2.75) is 6.04 Å². The number of nitrogens with one attached hydrogen (secondary N) is 1. The Morgan fingerprint density at radius 1 is 1.44 bits per heavy atom. The first-order valence-corrected chi connectivity index (χ1v) is 4.72. The summed E-state index contributed by atoms with van der Waals surface area (Å²) < 4.78 is 0. The first-order valence-electron chi connectivity index (χ1n) is 4.32. The van der Waals surface area contributed by atoms with Crippen LogP contribution in [0.1, 0.15) is 10.4 Å². The summed E-state index contributed by atoms with van der Waals surface area (Å²) in [5.41, 5.74) is 10.6. The van der Waals surface area contributed by atoms with Gasteiger partial charge in [-0.15, -0.1) is 0 Å². The van der Waals surface area contributed by atoms with Gasteiger partial charge in [-0.3, -0.25) is 14.6 Å². The summed E-state index contributed by atoms with van der Waals surface area (Å²) in [6, 6.07) is 1.98. The van der Waals surface area contributed by atoms with Crippen molar-refractivity contribution in [2.24, 2.45) is 11.5 Å². The molecule has 0 aliphatic carbocycles. The number of thiocarbonyl (C=S) groups is 1. The van der Waals surface area contributed by atoms with E-state index >= 15 is 0 Å². The van der Waals surface area contributed by atoms with Gasteiger partial charge in [0, 0.05) is 12.4 Å². The third-order valence-electron chi connectivity index (χ3n) is 1.77. The quantitative estimate of drug-likeness (QED) is 0.580. The zero-order valence-corrected chi connectivity index (χ0v) is 9.03. The molecule has 1 heterocycles. The van der Waals surface area contributed by atoms with Gasteiger partial charge in [0.25, 0.3) is 5.91 Å². The van der Waals surface area contributed by atoms with E-state index < -0.39 is 17.9 Å². The fourth-order valence-electron chi connectivity index (χ4n) is 0.994. The number of hydrogen-bond donors (Lipinski definition) is 3. The van der Waals surface area contributed by atoms with Crippen LogP contribution in [0.25, 0.3) is 0 Å². The highest BCUT2D eigenvalue weighted by molar-refractivity contribution is 7.80. The first-order chi connectivity index (χ1) is 7.52. The van der Waals surface area contributed by atoms with E-state index in [1.165, 1.54) is 12.4 Å². The van der Waals surface area contributed by atoms with Crippen molar-refractivity contribution in [3.63, 3.8) is 0 Å². The molecule has 1 atom stereocenters. The van der Waals surface area contributed by atoms with E-state index in [9.17, 15) is 9.59 Å². The van der Waals surface area contributed by atoms with Gasteiger partial charge in [-0.1, -0.05) is 12.2 Å². The minimum Gasteiger partial charge on any atom is -0.391 e. The van der Waals surface area contributed by atoms with Crippen molar-refractivity contribution in [2.75, 3.05) is 0 Å². The number of primary amides is 1. The van der Waals surface area contributed by atoms with Gasteiger partial charge < -0.3 is 16.8 Å². The van der Waals surface area contributed by atoms with Crippen LogP contribution in [-0.4, -0.2) is 27.8 Å². The van der Waals surface area contributed by atoms with Crippen molar-refractivity contribution in [3.05, 3.63) is 30.1 Å². The molecular weight excluding hydrogens is 228 g/mol. The zero-order chi connectivity index (χ0) is 12.1. The molecule has 7 heteroatoms. The standard InChI is InChI=1S/C9H10N4O2S/c10-7(14)6(8(11)16)13-9(15)5-2-1-3-12-4-5/h1-4,6H,(H2,10,14)(H2,11,16)(H,13,15). The second-order valence-corrected chi connectivity index (χ2v) is 3.42. The van der Waals surface area contributed by atoms with Crippen LogP contribution in [-0.2, 0) is 4.79 Å². The Kier molecular flexibility index (Phi) is 3.90. The van der Waals surface area contributed by atoms with Gasteiger partial charge in [-0.2, -0.15) is 0 Å². The lowest BCUT2D eigenvalue weighted by molar-refractivity contribution is -0.118. The molecule has 6 nitrogen and oxygen atoms in total. The second kappa shape index (κ2) is 5.17. The Morgan fingerprint density at radius 2 is 2.12 bits per heavy atom. The molecule has 1 rings (SSSR count). The fourth-order valence-corrected chi connectivity index (χ4v) is 1.17. The second-order valence-electron chi connectivity index (χ2n) is 2.95. The number of nitrogens with zero attached hydrogens (tertiary/aromatic N) is 1. The summed E-state index contributed by atoms with van der Waals surface area (Å²) in [6.07, 6.45) is 2.88. The number of amides is 2. The molecular formula is C9H10N4O2S. The van der Waals surface area contributed by atoms with Crippen molar-refractivity contribution >= 4 is 29.0 Å². The van der Waals surface area contributed by atoms with E-state index in [-0.39, 0.29) is 4.99 Å². The molecule has 1 unspecified atom stereocenters. The number of carbonyl (C=O) groups excluding carboxylic acids is 2. The minimum absolute atomic E-state index is 0.176. The van der Waals surface area contributed by atoms with Crippen molar-refractivity contribution in [1.29, 1.82) is 0 Å². The molecule has 16 heavy (non-hydrogen) atoms. The third-order valence-corrected chi connectivity index (χ3v) is 2.00. The molecule has 5 N–H and O–H groups in total. The van der Waals surface area contributed by atoms with Crippen molar-refractivity contribution < 1.29 is 9.59 Å². The Morgan fingerprint density at radius 3 is 2.56 bits per heavy atom. The molecule has 1 aromatic rings. The lowest BCUT2D eigenvalue weighted by Crippen LogP contribution is -2.51. The molecule has 0 saturated heterocycles. The molecule has 0 bridgehead atoms. The maximum Gasteiger partial charge on any atom is 0.253 e. The summed E-state index contributed by atoms with van der Waals surface area (Å²) >= 11 is 4.61. The highest BCUT2D eigenvalue weighted by Crippen LogP contribution is 1.96. The van der Waals surface area contributed by atoms with E-state index in [1.807, 2.05) is 0 Å². The number of carbonyl (C=O) groups is 2. The fraction of sp³-hybridized carbons (Fsp3) is 0.111. The Bertz CT molecular complexity index is 407. The van der Waals surface area contributed by atoms with Crippen LogP contribution in [0.2, 0.25) is 0 Å². The van der Waals surface area contributed by atoms with E-state index in [4.69, 9.17) is 11.5 Å². The number of pyridine rings is 1. The predicted octanol–water partition coefficient (Wildman–Crippen LogP) is -1.05. The summed E-state index contributed by atoms with van der Waals surface area (Å²) in [5.74, 6) is -1.31. The largest absolute Gasteiger partial charge is 0.391 e. The highest BCUT2D eigenvalue weighted by Gasteiger charge is 2.21. The van der Waals surface area contributed by atoms with Crippen molar-refractivity contribution in [3.8, 4) is 0 Å². The van der Waals surface area contributed by atoms with Gasteiger partial charge in [-0.05, 0) is 12.1 Å².